The van der Waals surface area contributed by atoms with Crippen molar-refractivity contribution in [1.82, 2.24) is 0 Å². The smallest absolute Gasteiger partial charge is 0.308 e. The van der Waals surface area contributed by atoms with Gasteiger partial charge in [-0.25, -0.2) is 0 Å². The molecule has 7 nitrogen and oxygen atoms in total. The van der Waals surface area contributed by atoms with Crippen LogP contribution < -0.4 is 20.1 Å². The molecule has 31 heavy (non-hydrogen) atoms. The average Bonchev–Trinajstić information content (AvgIpc) is 2.74. The van der Waals surface area contributed by atoms with Crippen molar-refractivity contribution in [3.05, 3.63) is 83.9 Å². The van der Waals surface area contributed by atoms with Gasteiger partial charge in [0.15, 0.2) is 0 Å². The first-order valence-corrected chi connectivity index (χ1v) is 9.56. The Labute approximate surface area is 180 Å². The van der Waals surface area contributed by atoms with E-state index in [2.05, 4.69) is 10.6 Å². The summed E-state index contributed by atoms with van der Waals surface area (Å²) in [7, 11) is 1.56. The Morgan fingerprint density at radius 3 is 2.29 bits per heavy atom. The van der Waals surface area contributed by atoms with Gasteiger partial charge in [-0.05, 0) is 42.5 Å². The van der Waals surface area contributed by atoms with Crippen LogP contribution in [0.15, 0.2) is 72.8 Å². The van der Waals surface area contributed by atoms with Crippen LogP contribution in [-0.2, 0) is 16.0 Å². The predicted octanol–water partition coefficient (Wildman–Crippen LogP) is 4.05. The summed E-state index contributed by atoms with van der Waals surface area (Å²) in [6.45, 7) is 1.29. The highest BCUT2D eigenvalue weighted by atomic mass is 16.5. The minimum atomic E-state index is -0.464. The Balaban J connectivity index is 1.65. The van der Waals surface area contributed by atoms with Gasteiger partial charge in [0.2, 0.25) is 5.91 Å². The molecule has 3 aromatic rings. The summed E-state index contributed by atoms with van der Waals surface area (Å²) in [4.78, 5) is 36.1. The van der Waals surface area contributed by atoms with Crippen LogP contribution in [0.5, 0.6) is 11.5 Å². The SMILES string of the molecule is COc1ccccc1CC(=O)Nc1cccc(NC(=O)c2cccc(OC(C)=O)c2)c1. The number of benzene rings is 3. The highest BCUT2D eigenvalue weighted by Crippen LogP contribution is 2.21. The van der Waals surface area contributed by atoms with Gasteiger partial charge in [-0.15, -0.1) is 0 Å². The van der Waals surface area contributed by atoms with Crippen LogP contribution in [0.2, 0.25) is 0 Å². The third-order valence-electron chi connectivity index (χ3n) is 4.31. The second-order valence-corrected chi connectivity index (χ2v) is 6.69. The molecule has 0 heterocycles. The number of hydrogen-bond donors (Lipinski definition) is 2. The number of hydrogen-bond acceptors (Lipinski definition) is 5. The Morgan fingerprint density at radius 1 is 0.839 bits per heavy atom. The monoisotopic (exact) mass is 418 g/mol. The molecule has 0 bridgehead atoms. The lowest BCUT2D eigenvalue weighted by atomic mass is 10.1. The quantitative estimate of drug-likeness (QED) is 0.446. The van der Waals surface area contributed by atoms with Crippen LogP contribution in [0.1, 0.15) is 22.8 Å². The summed E-state index contributed by atoms with van der Waals surface area (Å²) in [5.41, 5.74) is 2.17. The Bertz CT molecular complexity index is 1110. The average molecular weight is 418 g/mol. The second kappa shape index (κ2) is 10.1. The molecule has 2 N–H and O–H groups in total. The first kappa shape index (κ1) is 21.6. The molecule has 0 fully saturated rings. The molecule has 0 atom stereocenters. The van der Waals surface area contributed by atoms with E-state index in [-0.39, 0.29) is 24.0 Å². The number of anilines is 2. The number of rotatable bonds is 7. The molecule has 0 aliphatic carbocycles. The minimum absolute atomic E-state index is 0.156. The summed E-state index contributed by atoms with van der Waals surface area (Å²) in [5, 5.41) is 5.59. The molecule has 158 valence electrons. The molecule has 0 unspecified atom stereocenters. The van der Waals surface area contributed by atoms with Crippen molar-refractivity contribution >= 4 is 29.2 Å². The minimum Gasteiger partial charge on any atom is -0.496 e. The number of carbonyl (C=O) groups is 3. The fourth-order valence-corrected chi connectivity index (χ4v) is 2.97. The molecule has 0 aromatic heterocycles. The summed E-state index contributed by atoms with van der Waals surface area (Å²) in [6, 6.07) is 20.5. The Hall–Kier alpha value is -4.13. The van der Waals surface area contributed by atoms with E-state index in [1.54, 1.807) is 55.6 Å². The maximum atomic E-state index is 12.5. The lowest BCUT2D eigenvalue weighted by Gasteiger charge is -2.11. The van der Waals surface area contributed by atoms with Gasteiger partial charge in [0.25, 0.3) is 5.91 Å². The van der Waals surface area contributed by atoms with Gasteiger partial charge in [-0.3, -0.25) is 14.4 Å². The van der Waals surface area contributed by atoms with Crippen LogP contribution in [0.25, 0.3) is 0 Å². The number of ether oxygens (including phenoxy) is 2. The van der Waals surface area contributed by atoms with Crippen molar-refractivity contribution < 1.29 is 23.9 Å². The first-order chi connectivity index (χ1) is 14.9. The van der Waals surface area contributed by atoms with Crippen molar-refractivity contribution in [2.24, 2.45) is 0 Å². The lowest BCUT2D eigenvalue weighted by molar-refractivity contribution is -0.131. The zero-order valence-corrected chi connectivity index (χ0v) is 17.2. The summed E-state index contributed by atoms with van der Waals surface area (Å²) < 4.78 is 10.3. The topological polar surface area (TPSA) is 93.7 Å². The van der Waals surface area contributed by atoms with E-state index in [0.29, 0.717) is 22.7 Å². The van der Waals surface area contributed by atoms with Gasteiger partial charge in [0.05, 0.1) is 13.5 Å². The maximum absolute atomic E-state index is 12.5. The molecule has 0 aliphatic heterocycles. The molecule has 0 radical (unpaired) electrons. The Morgan fingerprint density at radius 2 is 1.55 bits per heavy atom. The van der Waals surface area contributed by atoms with Crippen LogP contribution in [0, 0.1) is 0 Å². The largest absolute Gasteiger partial charge is 0.496 e. The lowest BCUT2D eigenvalue weighted by Crippen LogP contribution is -2.16. The van der Waals surface area contributed by atoms with E-state index in [1.807, 2.05) is 18.2 Å². The molecular formula is C24H22N2O5. The maximum Gasteiger partial charge on any atom is 0.308 e. The summed E-state index contributed by atoms with van der Waals surface area (Å²) in [6.07, 6.45) is 0.156. The standard InChI is InChI=1S/C24H22N2O5/c1-16(27)31-21-11-5-8-18(13-21)24(29)26-20-10-6-9-19(15-20)25-23(28)14-17-7-3-4-12-22(17)30-2/h3-13,15H,14H2,1-2H3,(H,25,28)(H,26,29). The van der Waals surface area contributed by atoms with Crippen LogP contribution >= 0.6 is 0 Å². The van der Waals surface area contributed by atoms with Gasteiger partial charge >= 0.3 is 5.97 Å². The van der Waals surface area contributed by atoms with E-state index in [9.17, 15) is 14.4 Å². The van der Waals surface area contributed by atoms with Crippen LogP contribution in [-0.4, -0.2) is 24.9 Å². The van der Waals surface area contributed by atoms with E-state index in [0.717, 1.165) is 5.56 Å². The van der Waals surface area contributed by atoms with Gasteiger partial charge in [-0.2, -0.15) is 0 Å². The fraction of sp³-hybridized carbons (Fsp3) is 0.125. The molecular weight excluding hydrogens is 396 g/mol. The van der Waals surface area contributed by atoms with Crippen LogP contribution in [0.4, 0.5) is 11.4 Å². The molecule has 0 saturated heterocycles. The molecule has 3 rings (SSSR count). The van der Waals surface area contributed by atoms with Crippen molar-refractivity contribution in [3.8, 4) is 11.5 Å². The molecule has 3 aromatic carbocycles. The van der Waals surface area contributed by atoms with Gasteiger partial charge < -0.3 is 20.1 Å². The first-order valence-electron chi connectivity index (χ1n) is 9.56. The van der Waals surface area contributed by atoms with E-state index in [1.165, 1.54) is 13.0 Å². The summed E-state index contributed by atoms with van der Waals surface area (Å²) in [5.74, 6) is -0.102. The van der Waals surface area contributed by atoms with Crippen molar-refractivity contribution in [2.75, 3.05) is 17.7 Å². The molecule has 7 heteroatoms. The number of para-hydroxylation sites is 1. The van der Waals surface area contributed by atoms with Gasteiger partial charge in [0.1, 0.15) is 11.5 Å². The van der Waals surface area contributed by atoms with Crippen molar-refractivity contribution in [3.63, 3.8) is 0 Å². The zero-order chi connectivity index (χ0) is 22.2. The molecule has 2 amide bonds. The highest BCUT2D eigenvalue weighted by molar-refractivity contribution is 6.05. The normalized spacial score (nSPS) is 10.1. The third-order valence-corrected chi connectivity index (χ3v) is 4.31. The zero-order valence-electron chi connectivity index (χ0n) is 17.2. The van der Waals surface area contributed by atoms with Crippen LogP contribution in [0.3, 0.4) is 0 Å². The summed E-state index contributed by atoms with van der Waals surface area (Å²) >= 11 is 0. The number of esters is 1. The van der Waals surface area contributed by atoms with Gasteiger partial charge in [0, 0.05) is 29.4 Å². The number of carbonyl (C=O) groups excluding carboxylic acids is 3. The van der Waals surface area contributed by atoms with Gasteiger partial charge in [-0.1, -0.05) is 30.3 Å². The number of amides is 2. The predicted molar refractivity (Wildman–Crippen MR) is 117 cm³/mol. The Kier molecular flexibility index (Phi) is 7.01. The molecule has 0 spiro atoms. The third kappa shape index (κ3) is 6.17. The molecule has 0 aliphatic rings. The van der Waals surface area contributed by atoms with Crippen molar-refractivity contribution in [2.45, 2.75) is 13.3 Å². The number of methoxy groups -OCH3 is 1. The highest BCUT2D eigenvalue weighted by Gasteiger charge is 2.11. The van der Waals surface area contributed by atoms with E-state index >= 15 is 0 Å². The van der Waals surface area contributed by atoms with Crippen molar-refractivity contribution in [1.29, 1.82) is 0 Å². The second-order valence-electron chi connectivity index (χ2n) is 6.69. The fourth-order valence-electron chi connectivity index (χ4n) is 2.97. The van der Waals surface area contributed by atoms with E-state index in [4.69, 9.17) is 9.47 Å². The van der Waals surface area contributed by atoms with E-state index < -0.39 is 5.97 Å². The number of nitrogens with one attached hydrogen (secondary N) is 2. The molecule has 0 saturated carbocycles.